The maximum absolute atomic E-state index is 12.4. The molecule has 23 heavy (non-hydrogen) atoms. The second kappa shape index (κ2) is 7.27. The maximum atomic E-state index is 12.4. The van der Waals surface area contributed by atoms with Gasteiger partial charge in [-0.15, -0.1) is 0 Å². The fourth-order valence-electron chi connectivity index (χ4n) is 2.57. The number of nitrogens with one attached hydrogen (secondary N) is 1. The zero-order valence-electron chi connectivity index (χ0n) is 13.4. The normalized spacial score (nSPS) is 17.3. The molecule has 8 heteroatoms. The van der Waals surface area contributed by atoms with Gasteiger partial charge in [-0.25, -0.2) is 18.2 Å². The summed E-state index contributed by atoms with van der Waals surface area (Å²) < 4.78 is 26.2. The Morgan fingerprint density at radius 1 is 1.35 bits per heavy atom. The number of anilines is 1. The van der Waals surface area contributed by atoms with Crippen molar-refractivity contribution in [1.82, 2.24) is 9.29 Å². The molecule has 1 aliphatic rings. The number of aromatic nitrogens is 1. The van der Waals surface area contributed by atoms with Gasteiger partial charge in [-0.05, 0) is 37.3 Å². The van der Waals surface area contributed by atoms with Gasteiger partial charge in [0.15, 0.2) is 0 Å². The van der Waals surface area contributed by atoms with Crippen LogP contribution in [0.3, 0.4) is 0 Å². The predicted octanol–water partition coefficient (Wildman–Crippen LogP) is 1.78. The third kappa shape index (κ3) is 4.42. The highest BCUT2D eigenvalue weighted by Crippen LogP contribution is 2.21. The highest BCUT2D eigenvalue weighted by Gasteiger charge is 2.27. The van der Waals surface area contributed by atoms with Crippen LogP contribution in [0.4, 0.5) is 5.82 Å². The quantitative estimate of drug-likeness (QED) is 0.784. The number of carbonyl (C=O) groups is 1. The van der Waals surface area contributed by atoms with Crippen LogP contribution in [0, 0.1) is 5.92 Å². The molecule has 1 aromatic rings. The van der Waals surface area contributed by atoms with E-state index in [1.54, 1.807) is 0 Å². The van der Waals surface area contributed by atoms with Crippen LogP contribution < -0.4 is 5.32 Å². The second-order valence-electron chi connectivity index (χ2n) is 6.16. The Kier molecular flexibility index (Phi) is 5.59. The van der Waals surface area contributed by atoms with Crippen molar-refractivity contribution in [3.8, 4) is 0 Å². The molecule has 0 amide bonds. The molecule has 7 nitrogen and oxygen atoms in total. The molecule has 0 aromatic carbocycles. The van der Waals surface area contributed by atoms with Crippen molar-refractivity contribution in [2.75, 3.05) is 18.4 Å². The molecule has 0 radical (unpaired) electrons. The summed E-state index contributed by atoms with van der Waals surface area (Å²) in [4.78, 5) is 15.5. The van der Waals surface area contributed by atoms with E-state index >= 15 is 0 Å². The first-order chi connectivity index (χ1) is 10.8. The summed E-state index contributed by atoms with van der Waals surface area (Å²) in [5, 5.41) is 12.1. The first kappa shape index (κ1) is 17.7. The molecule has 1 fully saturated rings. The van der Waals surface area contributed by atoms with E-state index in [1.165, 1.54) is 22.6 Å². The second-order valence-corrected chi connectivity index (χ2v) is 8.09. The molecule has 0 spiro atoms. The van der Waals surface area contributed by atoms with Crippen LogP contribution in [0.5, 0.6) is 0 Å². The Morgan fingerprint density at radius 3 is 2.48 bits per heavy atom. The van der Waals surface area contributed by atoms with Crippen LogP contribution in [0.25, 0.3) is 0 Å². The number of nitrogens with zero attached hydrogens (tertiary/aromatic N) is 2. The molecular formula is C15H23N3O4S. The Hall–Kier alpha value is -1.67. The van der Waals surface area contributed by atoms with E-state index in [0.717, 1.165) is 12.8 Å². The first-order valence-corrected chi connectivity index (χ1v) is 9.20. The topological polar surface area (TPSA) is 99.6 Å². The number of carboxylic acid groups (broad SMARTS) is 1. The van der Waals surface area contributed by atoms with Crippen LogP contribution in [0.1, 0.15) is 33.1 Å². The predicted molar refractivity (Wildman–Crippen MR) is 86.7 cm³/mol. The molecule has 1 saturated heterocycles. The lowest BCUT2D eigenvalue weighted by molar-refractivity contribution is -0.138. The van der Waals surface area contributed by atoms with E-state index in [-0.39, 0.29) is 10.8 Å². The molecule has 128 valence electrons. The molecule has 0 unspecified atom stereocenters. The van der Waals surface area contributed by atoms with Crippen LogP contribution >= 0.6 is 0 Å². The number of hydrogen-bond donors (Lipinski definition) is 2. The van der Waals surface area contributed by atoms with Gasteiger partial charge >= 0.3 is 5.97 Å². The van der Waals surface area contributed by atoms with Gasteiger partial charge in [-0.1, -0.05) is 13.8 Å². The third-order valence-corrected chi connectivity index (χ3v) is 5.65. The fourth-order valence-corrected chi connectivity index (χ4v) is 4.03. The lowest BCUT2D eigenvalue weighted by Crippen LogP contribution is -2.31. The van der Waals surface area contributed by atoms with Gasteiger partial charge in [0.2, 0.25) is 10.0 Å². The van der Waals surface area contributed by atoms with Crippen molar-refractivity contribution in [1.29, 1.82) is 0 Å². The average Bonchev–Trinajstić information content (AvgIpc) is 3.01. The summed E-state index contributed by atoms with van der Waals surface area (Å²) >= 11 is 0. The molecule has 0 saturated carbocycles. The van der Waals surface area contributed by atoms with E-state index in [1.807, 2.05) is 13.8 Å². The third-order valence-electron chi connectivity index (χ3n) is 3.77. The van der Waals surface area contributed by atoms with Crippen molar-refractivity contribution >= 4 is 21.8 Å². The number of sulfonamides is 1. The molecule has 2 heterocycles. The van der Waals surface area contributed by atoms with E-state index in [0.29, 0.717) is 25.3 Å². The average molecular weight is 341 g/mol. The largest absolute Gasteiger partial charge is 0.480 e. The summed E-state index contributed by atoms with van der Waals surface area (Å²) in [6.45, 7) is 4.96. The summed E-state index contributed by atoms with van der Waals surface area (Å²) in [6, 6.07) is 2.24. The summed E-state index contributed by atoms with van der Waals surface area (Å²) in [5.74, 6) is -0.369. The summed E-state index contributed by atoms with van der Waals surface area (Å²) in [6.07, 6.45) is 3.50. The van der Waals surface area contributed by atoms with Gasteiger partial charge in [-0.2, -0.15) is 4.31 Å². The van der Waals surface area contributed by atoms with Gasteiger partial charge < -0.3 is 10.4 Å². The van der Waals surface area contributed by atoms with Crippen LogP contribution in [-0.4, -0.2) is 47.9 Å². The monoisotopic (exact) mass is 341 g/mol. The number of carboxylic acids is 1. The van der Waals surface area contributed by atoms with E-state index in [4.69, 9.17) is 0 Å². The summed E-state index contributed by atoms with van der Waals surface area (Å²) in [7, 11) is -3.49. The van der Waals surface area contributed by atoms with Gasteiger partial charge in [0.1, 0.15) is 16.8 Å². The zero-order valence-corrected chi connectivity index (χ0v) is 14.2. The van der Waals surface area contributed by atoms with Crippen molar-refractivity contribution in [3.05, 3.63) is 18.3 Å². The Balaban J connectivity index is 2.11. The lowest BCUT2D eigenvalue weighted by atomic mass is 10.0. The molecular weight excluding hydrogens is 318 g/mol. The highest BCUT2D eigenvalue weighted by atomic mass is 32.2. The molecule has 1 aliphatic heterocycles. The Labute approximate surface area is 136 Å². The van der Waals surface area contributed by atoms with Crippen molar-refractivity contribution in [2.24, 2.45) is 5.92 Å². The molecule has 1 aromatic heterocycles. The Bertz CT molecular complexity index is 637. The van der Waals surface area contributed by atoms with Crippen LogP contribution in [0.15, 0.2) is 23.2 Å². The van der Waals surface area contributed by atoms with Crippen molar-refractivity contribution < 1.29 is 18.3 Å². The van der Waals surface area contributed by atoms with E-state index < -0.39 is 22.0 Å². The molecule has 0 aliphatic carbocycles. The van der Waals surface area contributed by atoms with E-state index in [9.17, 15) is 18.3 Å². The fraction of sp³-hybridized carbons (Fsp3) is 0.600. The molecule has 1 atom stereocenters. The standard InChI is InChI=1S/C15H23N3O4S/c1-11(2)9-13(15(19)20)17-14-6-5-12(10-16-14)23(21,22)18-7-3-4-8-18/h5-6,10-11,13H,3-4,7-9H2,1-2H3,(H,16,17)(H,19,20)/t13-/m1/s1. The smallest absolute Gasteiger partial charge is 0.326 e. The summed E-state index contributed by atoms with van der Waals surface area (Å²) in [5.41, 5.74) is 0. The van der Waals surface area contributed by atoms with Gasteiger partial charge in [0, 0.05) is 19.3 Å². The SMILES string of the molecule is CC(C)C[C@@H](Nc1ccc(S(=O)(=O)N2CCCC2)cn1)C(=O)O. The number of hydrogen-bond acceptors (Lipinski definition) is 5. The zero-order chi connectivity index (χ0) is 17.0. The van der Waals surface area contributed by atoms with Crippen molar-refractivity contribution in [3.63, 3.8) is 0 Å². The van der Waals surface area contributed by atoms with Gasteiger partial charge in [0.25, 0.3) is 0 Å². The van der Waals surface area contributed by atoms with Gasteiger partial charge in [0.05, 0.1) is 0 Å². The molecule has 2 N–H and O–H groups in total. The molecule has 2 rings (SSSR count). The minimum Gasteiger partial charge on any atom is -0.480 e. The van der Waals surface area contributed by atoms with Crippen molar-refractivity contribution in [2.45, 2.75) is 44.0 Å². The number of aliphatic carboxylic acids is 1. The number of rotatable bonds is 7. The van der Waals surface area contributed by atoms with Gasteiger partial charge in [-0.3, -0.25) is 0 Å². The first-order valence-electron chi connectivity index (χ1n) is 7.76. The lowest BCUT2D eigenvalue weighted by Gasteiger charge is -2.18. The van der Waals surface area contributed by atoms with E-state index in [2.05, 4.69) is 10.3 Å². The Morgan fingerprint density at radius 2 is 2.00 bits per heavy atom. The maximum Gasteiger partial charge on any atom is 0.326 e. The highest BCUT2D eigenvalue weighted by molar-refractivity contribution is 7.89. The van der Waals surface area contributed by atoms with Crippen LogP contribution in [-0.2, 0) is 14.8 Å². The van der Waals surface area contributed by atoms with Crippen LogP contribution in [0.2, 0.25) is 0 Å². The minimum atomic E-state index is -3.49. The number of pyridine rings is 1. The molecule has 0 bridgehead atoms. The minimum absolute atomic E-state index is 0.140.